The third kappa shape index (κ3) is 1.93. The quantitative estimate of drug-likeness (QED) is 0.803. The van der Waals surface area contributed by atoms with Crippen LogP contribution in [-0.2, 0) is 4.74 Å². The molecule has 0 bridgehead atoms. The molecular weight excluding hydrogens is 248 g/mol. The zero-order valence-electron chi connectivity index (χ0n) is 7.37. The minimum absolute atomic E-state index is 0.113. The zero-order chi connectivity index (χ0) is 9.97. The number of hydrogen-bond acceptors (Lipinski definition) is 3. The fourth-order valence-corrected chi connectivity index (χ4v) is 1.57. The molecule has 0 aromatic carbocycles. The van der Waals surface area contributed by atoms with Crippen molar-refractivity contribution in [2.24, 2.45) is 0 Å². The summed E-state index contributed by atoms with van der Waals surface area (Å²) < 4.78 is 5.53. The topological polar surface area (TPSA) is 51.2 Å². The number of halogens is 1. The second-order valence-corrected chi connectivity index (χ2v) is 3.80. The van der Waals surface area contributed by atoms with E-state index in [4.69, 9.17) is 4.74 Å². The molecule has 1 aromatic rings. The van der Waals surface area contributed by atoms with E-state index in [0.29, 0.717) is 23.4 Å². The molecule has 2 heterocycles. The molecule has 0 aliphatic carbocycles. The van der Waals surface area contributed by atoms with Gasteiger partial charge in [0, 0.05) is 6.20 Å². The summed E-state index contributed by atoms with van der Waals surface area (Å²) in [6, 6.07) is 3.61. The molecule has 74 valence electrons. The third-order valence-corrected chi connectivity index (χ3v) is 2.61. The van der Waals surface area contributed by atoms with Crippen LogP contribution in [0.2, 0.25) is 0 Å². The number of nitrogens with zero attached hydrogens (tertiary/aromatic N) is 1. The SMILES string of the molecule is O=C(NC1COC1)c1cccnc1Br. The van der Waals surface area contributed by atoms with Crippen molar-refractivity contribution >= 4 is 21.8 Å². The Kier molecular flexibility index (Phi) is 2.79. The highest BCUT2D eigenvalue weighted by atomic mass is 79.9. The van der Waals surface area contributed by atoms with Gasteiger partial charge < -0.3 is 10.1 Å². The Morgan fingerprint density at radius 2 is 2.43 bits per heavy atom. The Hall–Kier alpha value is -0.940. The first-order valence-corrected chi connectivity index (χ1v) is 5.06. The molecule has 0 unspecified atom stereocenters. The van der Waals surface area contributed by atoms with Gasteiger partial charge in [-0.2, -0.15) is 0 Å². The number of amides is 1. The molecule has 1 aliphatic heterocycles. The minimum Gasteiger partial charge on any atom is -0.377 e. The summed E-state index contributed by atoms with van der Waals surface area (Å²) in [6.45, 7) is 1.20. The molecule has 2 rings (SSSR count). The maximum Gasteiger partial charge on any atom is 0.254 e. The highest BCUT2D eigenvalue weighted by Gasteiger charge is 2.21. The van der Waals surface area contributed by atoms with Gasteiger partial charge in [-0.3, -0.25) is 4.79 Å². The molecule has 5 heteroatoms. The number of ether oxygens (including phenoxy) is 1. The average molecular weight is 257 g/mol. The summed E-state index contributed by atoms with van der Waals surface area (Å²) in [7, 11) is 0. The van der Waals surface area contributed by atoms with E-state index >= 15 is 0 Å². The van der Waals surface area contributed by atoms with Crippen LogP contribution in [0.25, 0.3) is 0 Å². The molecule has 0 saturated carbocycles. The van der Waals surface area contributed by atoms with Crippen LogP contribution in [0.3, 0.4) is 0 Å². The van der Waals surface area contributed by atoms with Gasteiger partial charge in [0.25, 0.3) is 5.91 Å². The summed E-state index contributed by atoms with van der Waals surface area (Å²) in [5, 5.41) is 2.84. The average Bonchev–Trinajstić information content (AvgIpc) is 2.12. The zero-order valence-corrected chi connectivity index (χ0v) is 8.95. The number of rotatable bonds is 2. The molecule has 14 heavy (non-hydrogen) atoms. The maximum atomic E-state index is 11.6. The van der Waals surface area contributed by atoms with E-state index in [-0.39, 0.29) is 11.9 Å². The van der Waals surface area contributed by atoms with Crippen LogP contribution in [0.15, 0.2) is 22.9 Å². The summed E-state index contributed by atoms with van der Waals surface area (Å²) in [5.41, 5.74) is 0.555. The summed E-state index contributed by atoms with van der Waals surface area (Å²) >= 11 is 3.22. The summed E-state index contributed by atoms with van der Waals surface area (Å²) in [4.78, 5) is 15.6. The van der Waals surface area contributed by atoms with E-state index in [2.05, 4.69) is 26.2 Å². The van der Waals surface area contributed by atoms with Crippen molar-refractivity contribution in [1.82, 2.24) is 10.3 Å². The van der Waals surface area contributed by atoms with E-state index in [9.17, 15) is 4.79 Å². The fourth-order valence-electron chi connectivity index (χ4n) is 1.14. The van der Waals surface area contributed by atoms with Crippen molar-refractivity contribution in [3.05, 3.63) is 28.5 Å². The van der Waals surface area contributed by atoms with Gasteiger partial charge in [0.05, 0.1) is 24.8 Å². The van der Waals surface area contributed by atoms with Crippen LogP contribution in [0.5, 0.6) is 0 Å². The number of carbonyl (C=O) groups excluding carboxylic acids is 1. The van der Waals surface area contributed by atoms with Gasteiger partial charge in [-0.15, -0.1) is 0 Å². The second kappa shape index (κ2) is 4.06. The number of pyridine rings is 1. The van der Waals surface area contributed by atoms with Gasteiger partial charge in [0.15, 0.2) is 0 Å². The smallest absolute Gasteiger partial charge is 0.254 e. The number of carbonyl (C=O) groups is 1. The van der Waals surface area contributed by atoms with Crippen molar-refractivity contribution in [3.8, 4) is 0 Å². The van der Waals surface area contributed by atoms with Gasteiger partial charge in [-0.25, -0.2) is 4.98 Å². The highest BCUT2D eigenvalue weighted by Crippen LogP contribution is 2.13. The van der Waals surface area contributed by atoms with Crippen LogP contribution >= 0.6 is 15.9 Å². The lowest BCUT2D eigenvalue weighted by Gasteiger charge is -2.26. The Morgan fingerprint density at radius 1 is 1.64 bits per heavy atom. The number of hydrogen-bond donors (Lipinski definition) is 1. The van der Waals surface area contributed by atoms with Crippen LogP contribution < -0.4 is 5.32 Å². The van der Waals surface area contributed by atoms with E-state index in [1.165, 1.54) is 0 Å². The largest absolute Gasteiger partial charge is 0.377 e. The van der Waals surface area contributed by atoms with Crippen molar-refractivity contribution in [2.75, 3.05) is 13.2 Å². The van der Waals surface area contributed by atoms with E-state index in [1.54, 1.807) is 18.3 Å². The standard InChI is InChI=1S/C9H9BrN2O2/c10-8-7(2-1-3-11-8)9(13)12-6-4-14-5-6/h1-3,6H,4-5H2,(H,12,13). The van der Waals surface area contributed by atoms with Crippen molar-refractivity contribution in [2.45, 2.75) is 6.04 Å². The Labute approximate surface area is 89.8 Å². The predicted molar refractivity (Wildman–Crippen MR) is 54.0 cm³/mol. The lowest BCUT2D eigenvalue weighted by molar-refractivity contribution is -0.00348. The highest BCUT2D eigenvalue weighted by molar-refractivity contribution is 9.10. The molecule has 0 spiro atoms. The fraction of sp³-hybridized carbons (Fsp3) is 0.333. The number of aromatic nitrogens is 1. The Morgan fingerprint density at radius 3 is 3.00 bits per heavy atom. The molecule has 4 nitrogen and oxygen atoms in total. The molecule has 1 N–H and O–H groups in total. The van der Waals surface area contributed by atoms with Crippen LogP contribution in [-0.4, -0.2) is 30.1 Å². The van der Waals surface area contributed by atoms with Crippen LogP contribution in [0.4, 0.5) is 0 Å². The van der Waals surface area contributed by atoms with Crippen molar-refractivity contribution in [3.63, 3.8) is 0 Å². The Bertz CT molecular complexity index is 352. The molecule has 1 aromatic heterocycles. The monoisotopic (exact) mass is 256 g/mol. The van der Waals surface area contributed by atoms with E-state index in [0.717, 1.165) is 0 Å². The van der Waals surface area contributed by atoms with Crippen LogP contribution in [0, 0.1) is 0 Å². The van der Waals surface area contributed by atoms with E-state index in [1.807, 2.05) is 0 Å². The first kappa shape index (κ1) is 9.61. The van der Waals surface area contributed by atoms with Gasteiger partial charge in [0.2, 0.25) is 0 Å². The van der Waals surface area contributed by atoms with Gasteiger partial charge in [-0.1, -0.05) is 0 Å². The van der Waals surface area contributed by atoms with Crippen molar-refractivity contribution in [1.29, 1.82) is 0 Å². The van der Waals surface area contributed by atoms with Gasteiger partial charge in [-0.05, 0) is 28.1 Å². The lowest BCUT2D eigenvalue weighted by atomic mass is 10.2. The first-order chi connectivity index (χ1) is 6.77. The molecule has 1 aliphatic rings. The molecule has 0 atom stereocenters. The Balaban J connectivity index is 2.06. The van der Waals surface area contributed by atoms with E-state index < -0.39 is 0 Å². The second-order valence-electron chi connectivity index (χ2n) is 3.05. The lowest BCUT2D eigenvalue weighted by Crippen LogP contribution is -2.48. The molecular formula is C9H9BrN2O2. The minimum atomic E-state index is -0.113. The first-order valence-electron chi connectivity index (χ1n) is 4.26. The molecule has 1 amide bonds. The summed E-state index contributed by atoms with van der Waals surface area (Å²) in [5.74, 6) is -0.113. The molecule has 1 saturated heterocycles. The predicted octanol–water partition coefficient (Wildman–Crippen LogP) is 0.973. The normalized spacial score (nSPS) is 16.1. The molecule has 1 fully saturated rings. The van der Waals surface area contributed by atoms with Gasteiger partial charge in [0.1, 0.15) is 4.60 Å². The van der Waals surface area contributed by atoms with Crippen molar-refractivity contribution < 1.29 is 9.53 Å². The van der Waals surface area contributed by atoms with Gasteiger partial charge >= 0.3 is 0 Å². The third-order valence-electron chi connectivity index (χ3n) is 1.98. The molecule has 0 radical (unpaired) electrons. The maximum absolute atomic E-state index is 11.6. The summed E-state index contributed by atoms with van der Waals surface area (Å²) in [6.07, 6.45) is 1.63. The van der Waals surface area contributed by atoms with Crippen LogP contribution in [0.1, 0.15) is 10.4 Å². The number of nitrogens with one attached hydrogen (secondary N) is 1.